The summed E-state index contributed by atoms with van der Waals surface area (Å²) in [6, 6.07) is 12.9. The topological polar surface area (TPSA) is 34.1 Å². The van der Waals surface area contributed by atoms with Gasteiger partial charge in [-0.15, -0.1) is 0 Å². The van der Waals surface area contributed by atoms with Gasteiger partial charge in [0.25, 0.3) is 0 Å². The van der Waals surface area contributed by atoms with Crippen molar-refractivity contribution in [1.29, 1.82) is 0 Å². The molecule has 0 radical (unpaired) electrons. The molecule has 4 heteroatoms. The first-order valence-corrected chi connectivity index (χ1v) is 6.96. The Hall–Kier alpha value is -2.00. The van der Waals surface area contributed by atoms with Gasteiger partial charge in [0.2, 0.25) is 0 Å². The van der Waals surface area contributed by atoms with E-state index in [1.165, 1.54) is 18.2 Å². The molecule has 2 aromatic carbocycles. The molecular weight excluding hydrogens is 291 g/mol. The summed E-state index contributed by atoms with van der Waals surface area (Å²) < 4.78 is 13.6. The highest BCUT2D eigenvalue weighted by atomic mass is 35.5. The maximum absolute atomic E-state index is 13.6. The lowest BCUT2D eigenvalue weighted by atomic mass is 9.89. The van der Waals surface area contributed by atoms with Crippen molar-refractivity contribution in [3.63, 3.8) is 0 Å². The lowest BCUT2D eigenvalue weighted by Gasteiger charge is -2.14. The molecule has 0 aliphatic heterocycles. The second kappa shape index (κ2) is 7.14. The molecule has 2 nitrogen and oxygen atoms in total. The third kappa shape index (κ3) is 3.99. The Labute approximate surface area is 127 Å². The minimum Gasteiger partial charge on any atom is -0.303 e. The van der Waals surface area contributed by atoms with Gasteiger partial charge in [-0.3, -0.25) is 4.79 Å². The van der Waals surface area contributed by atoms with Crippen LogP contribution in [0.15, 0.2) is 48.5 Å². The van der Waals surface area contributed by atoms with Crippen molar-refractivity contribution < 1.29 is 14.0 Å². The van der Waals surface area contributed by atoms with Gasteiger partial charge in [-0.1, -0.05) is 35.9 Å². The fourth-order valence-corrected chi connectivity index (χ4v) is 2.34. The number of rotatable bonds is 6. The third-order valence-corrected chi connectivity index (χ3v) is 3.58. The highest BCUT2D eigenvalue weighted by Crippen LogP contribution is 2.26. The van der Waals surface area contributed by atoms with Crippen molar-refractivity contribution in [3.8, 4) is 0 Å². The molecule has 0 bridgehead atoms. The lowest BCUT2D eigenvalue weighted by Crippen LogP contribution is -2.10. The van der Waals surface area contributed by atoms with Crippen LogP contribution >= 0.6 is 11.6 Å². The fourth-order valence-electron chi connectivity index (χ4n) is 2.21. The second-order valence-corrected chi connectivity index (χ2v) is 5.19. The van der Waals surface area contributed by atoms with Gasteiger partial charge in [0.15, 0.2) is 5.78 Å². The van der Waals surface area contributed by atoms with E-state index in [2.05, 4.69) is 0 Å². The van der Waals surface area contributed by atoms with Crippen molar-refractivity contribution in [3.05, 3.63) is 70.5 Å². The monoisotopic (exact) mass is 304 g/mol. The molecule has 0 saturated heterocycles. The number of halogens is 2. The number of carbonyl (C=O) groups excluding carboxylic acids is 2. The molecule has 0 aromatic heterocycles. The minimum atomic E-state index is -0.538. The van der Waals surface area contributed by atoms with Crippen LogP contribution < -0.4 is 0 Å². The van der Waals surface area contributed by atoms with Crippen LogP contribution in [0.5, 0.6) is 0 Å². The smallest absolute Gasteiger partial charge is 0.166 e. The van der Waals surface area contributed by atoms with E-state index in [1.807, 2.05) is 0 Å². The first kappa shape index (κ1) is 15.4. The number of carbonyl (C=O) groups is 2. The van der Waals surface area contributed by atoms with Gasteiger partial charge in [0, 0.05) is 17.9 Å². The van der Waals surface area contributed by atoms with Gasteiger partial charge in [-0.2, -0.15) is 0 Å². The Balaban J connectivity index is 2.20. The quantitative estimate of drug-likeness (QED) is 0.584. The summed E-state index contributed by atoms with van der Waals surface area (Å²) in [6.07, 6.45) is 1.07. The number of ketones is 1. The van der Waals surface area contributed by atoms with Crippen molar-refractivity contribution in [2.75, 3.05) is 0 Å². The van der Waals surface area contributed by atoms with Gasteiger partial charge in [-0.05, 0) is 35.7 Å². The molecule has 0 aliphatic rings. The Bertz CT molecular complexity index is 637. The molecule has 0 heterocycles. The predicted octanol–water partition coefficient (Wildman–Crippen LogP) is 4.42. The minimum absolute atomic E-state index is 0.0577. The van der Waals surface area contributed by atoms with Crippen molar-refractivity contribution in [2.45, 2.75) is 18.8 Å². The normalized spacial score (nSPS) is 11.9. The molecule has 0 spiro atoms. The average molecular weight is 305 g/mol. The van der Waals surface area contributed by atoms with Gasteiger partial charge in [-0.25, -0.2) is 4.39 Å². The summed E-state index contributed by atoms with van der Waals surface area (Å²) in [5.41, 5.74) is 0.901. The molecule has 2 aromatic rings. The zero-order valence-electron chi connectivity index (χ0n) is 11.3. The first-order chi connectivity index (χ1) is 10.1. The lowest BCUT2D eigenvalue weighted by molar-refractivity contribution is -0.108. The summed E-state index contributed by atoms with van der Waals surface area (Å²) in [7, 11) is 0. The third-order valence-electron chi connectivity index (χ3n) is 3.33. The van der Waals surface area contributed by atoms with Gasteiger partial charge < -0.3 is 4.79 Å². The highest BCUT2D eigenvalue weighted by molar-refractivity contribution is 6.30. The summed E-state index contributed by atoms with van der Waals surface area (Å²) in [4.78, 5) is 23.0. The fraction of sp³-hybridized carbons (Fsp3) is 0.176. The van der Waals surface area contributed by atoms with Crippen LogP contribution in [-0.2, 0) is 4.79 Å². The van der Waals surface area contributed by atoms with Gasteiger partial charge in [0.05, 0.1) is 5.56 Å². The summed E-state index contributed by atoms with van der Waals surface area (Å²) >= 11 is 5.83. The van der Waals surface area contributed by atoms with E-state index in [9.17, 15) is 14.0 Å². The van der Waals surface area contributed by atoms with E-state index in [4.69, 9.17) is 11.6 Å². The largest absolute Gasteiger partial charge is 0.303 e. The molecule has 0 N–H and O–H groups in total. The van der Waals surface area contributed by atoms with E-state index in [0.717, 1.165) is 11.8 Å². The number of hydrogen-bond donors (Lipinski definition) is 0. The molecule has 0 saturated carbocycles. The van der Waals surface area contributed by atoms with Crippen molar-refractivity contribution in [2.24, 2.45) is 0 Å². The van der Waals surface area contributed by atoms with Crippen LogP contribution in [0, 0.1) is 5.82 Å². The first-order valence-electron chi connectivity index (χ1n) is 6.58. The highest BCUT2D eigenvalue weighted by Gasteiger charge is 2.19. The van der Waals surface area contributed by atoms with Crippen LogP contribution in [0.2, 0.25) is 5.02 Å². The van der Waals surface area contributed by atoms with E-state index in [-0.39, 0.29) is 30.1 Å². The summed E-state index contributed by atoms with van der Waals surface area (Å²) in [6.45, 7) is 0. The number of aldehydes is 1. The summed E-state index contributed by atoms with van der Waals surface area (Å²) in [5, 5.41) is 0.587. The molecular formula is C17H14ClFO2. The Morgan fingerprint density at radius 1 is 1.14 bits per heavy atom. The SMILES string of the molecule is O=CC[C@@H](CC(=O)c1ccccc1F)c1ccc(Cl)cc1. The van der Waals surface area contributed by atoms with Gasteiger partial charge >= 0.3 is 0 Å². The van der Waals surface area contributed by atoms with E-state index < -0.39 is 5.82 Å². The maximum Gasteiger partial charge on any atom is 0.166 e. The molecule has 0 aliphatic carbocycles. The predicted molar refractivity (Wildman–Crippen MR) is 80.2 cm³/mol. The molecule has 0 fully saturated rings. The van der Waals surface area contributed by atoms with Crippen molar-refractivity contribution >= 4 is 23.7 Å². The van der Waals surface area contributed by atoms with E-state index in [0.29, 0.717) is 5.02 Å². The number of hydrogen-bond acceptors (Lipinski definition) is 2. The Morgan fingerprint density at radius 2 is 1.81 bits per heavy atom. The standard InChI is InChI=1S/C17H14ClFO2/c18-14-7-5-12(6-8-14)13(9-10-20)11-17(21)15-3-1-2-4-16(15)19/h1-8,10,13H,9,11H2/t13-/m0/s1. The van der Waals surface area contributed by atoms with Crippen LogP contribution in [0.4, 0.5) is 4.39 Å². The van der Waals surface area contributed by atoms with Crippen LogP contribution in [0.3, 0.4) is 0 Å². The Morgan fingerprint density at radius 3 is 2.43 bits per heavy atom. The molecule has 0 unspecified atom stereocenters. The van der Waals surface area contributed by atoms with Crippen LogP contribution in [0.1, 0.15) is 34.7 Å². The average Bonchev–Trinajstić information content (AvgIpc) is 2.48. The molecule has 21 heavy (non-hydrogen) atoms. The van der Waals surface area contributed by atoms with Gasteiger partial charge in [0.1, 0.15) is 12.1 Å². The zero-order valence-corrected chi connectivity index (χ0v) is 12.0. The van der Waals surface area contributed by atoms with Crippen LogP contribution in [-0.4, -0.2) is 12.1 Å². The Kier molecular flexibility index (Phi) is 5.23. The van der Waals surface area contributed by atoms with E-state index >= 15 is 0 Å². The molecule has 1 atom stereocenters. The molecule has 108 valence electrons. The van der Waals surface area contributed by atoms with E-state index in [1.54, 1.807) is 30.3 Å². The van der Waals surface area contributed by atoms with Crippen LogP contribution in [0.25, 0.3) is 0 Å². The maximum atomic E-state index is 13.6. The van der Waals surface area contributed by atoms with Crippen molar-refractivity contribution in [1.82, 2.24) is 0 Å². The summed E-state index contributed by atoms with van der Waals surface area (Å²) in [5.74, 6) is -1.12. The molecule has 0 amide bonds. The second-order valence-electron chi connectivity index (χ2n) is 4.76. The zero-order chi connectivity index (χ0) is 15.2. The number of benzene rings is 2. The number of Topliss-reactive ketones (excluding diaryl/α,β-unsaturated/α-hetero) is 1. The molecule has 2 rings (SSSR count).